The summed E-state index contributed by atoms with van der Waals surface area (Å²) in [4.78, 5) is 30.2. The van der Waals surface area contributed by atoms with Crippen LogP contribution in [-0.2, 0) is 15.8 Å². The summed E-state index contributed by atoms with van der Waals surface area (Å²) in [5.74, 6) is -1.52. The molecule has 0 aliphatic heterocycles. The lowest BCUT2D eigenvalue weighted by Gasteiger charge is -2.16. The van der Waals surface area contributed by atoms with E-state index >= 15 is 0 Å². The fourth-order valence-corrected chi connectivity index (χ4v) is 2.51. The minimum Gasteiger partial charge on any atom is -0.508 e. The molecular weight excluding hydrogens is 309 g/mol. The molecular formula is C14H14NO6P. The minimum atomic E-state index is -4.68. The van der Waals surface area contributed by atoms with Gasteiger partial charge in [0.2, 0.25) is 0 Å². The second-order valence-electron chi connectivity index (χ2n) is 4.75. The van der Waals surface area contributed by atoms with E-state index in [-0.39, 0.29) is 29.4 Å². The van der Waals surface area contributed by atoms with Gasteiger partial charge in [-0.05, 0) is 35.9 Å². The van der Waals surface area contributed by atoms with Crippen LogP contribution < -0.4 is 0 Å². The van der Waals surface area contributed by atoms with Crippen LogP contribution in [0.4, 0.5) is 0 Å². The predicted molar refractivity (Wildman–Crippen MR) is 79.6 cm³/mol. The predicted octanol–water partition coefficient (Wildman–Crippen LogP) is 1.67. The fraction of sp³-hybridized carbons (Fsp3) is 0.143. The van der Waals surface area contributed by atoms with Crippen molar-refractivity contribution in [1.82, 2.24) is 0 Å². The number of phenols is 1. The number of ketones is 1. The lowest BCUT2D eigenvalue weighted by molar-refractivity contribution is -0.119. The van der Waals surface area contributed by atoms with Crippen molar-refractivity contribution in [3.63, 3.8) is 0 Å². The van der Waals surface area contributed by atoms with Crippen LogP contribution >= 0.6 is 7.75 Å². The Morgan fingerprint density at radius 2 is 1.77 bits per heavy atom. The summed E-state index contributed by atoms with van der Waals surface area (Å²) in [7, 11) is -4.68. The Balaban J connectivity index is 2.25. The largest absolute Gasteiger partial charge is 0.508 e. The average Bonchev–Trinajstić information content (AvgIpc) is 2.42. The number of hydrogen-bond acceptors (Lipinski definition) is 4. The molecule has 22 heavy (non-hydrogen) atoms. The first kappa shape index (κ1) is 16.2. The summed E-state index contributed by atoms with van der Waals surface area (Å²) < 4.78 is 14.2. The second kappa shape index (κ2) is 6.27. The number of hydrogen-bond donors (Lipinski definition) is 4. The van der Waals surface area contributed by atoms with Crippen LogP contribution in [0.2, 0.25) is 0 Å². The standard InChI is InChI=1S/C14H14NO6P/c16-10-3-1-9(2-4-10)7-14(18)12-8-11(17)5-6-13(12)15-22(19,20)21/h1-6,8,12,16-17H,7H2,(H2,19,20,21)/b15-13+. The Kier molecular flexibility index (Phi) is 4.61. The highest BCUT2D eigenvalue weighted by Gasteiger charge is 2.26. The van der Waals surface area contributed by atoms with Crippen molar-refractivity contribution in [2.75, 3.05) is 0 Å². The van der Waals surface area contributed by atoms with Crippen LogP contribution in [0, 0.1) is 5.92 Å². The molecule has 1 aromatic rings. The molecule has 0 heterocycles. The van der Waals surface area contributed by atoms with Crippen LogP contribution in [0.1, 0.15) is 5.56 Å². The number of aliphatic hydroxyl groups excluding tert-OH is 1. The lowest BCUT2D eigenvalue weighted by Crippen LogP contribution is -2.25. The van der Waals surface area contributed by atoms with Gasteiger partial charge in [0, 0.05) is 6.42 Å². The van der Waals surface area contributed by atoms with Crippen LogP contribution in [0.25, 0.3) is 0 Å². The Labute approximate surface area is 126 Å². The zero-order valence-corrected chi connectivity index (χ0v) is 12.2. The zero-order valence-electron chi connectivity index (χ0n) is 11.3. The first-order valence-corrected chi connectivity index (χ1v) is 7.86. The molecule has 0 amide bonds. The Bertz CT molecular complexity index is 713. The average molecular weight is 323 g/mol. The minimum absolute atomic E-state index is 0.0251. The van der Waals surface area contributed by atoms with Crippen molar-refractivity contribution in [1.29, 1.82) is 0 Å². The number of nitrogens with zero attached hydrogens (tertiary/aromatic N) is 1. The molecule has 0 saturated heterocycles. The number of carbonyl (C=O) groups is 1. The maximum atomic E-state index is 12.3. The molecule has 1 unspecified atom stereocenters. The van der Waals surface area contributed by atoms with Gasteiger partial charge in [-0.25, -0.2) is 4.57 Å². The number of Topliss-reactive ketones (excluding diaryl/α,β-unsaturated/α-hetero) is 1. The van der Waals surface area contributed by atoms with Crippen molar-refractivity contribution < 1.29 is 29.4 Å². The molecule has 8 heteroatoms. The molecule has 1 atom stereocenters. The van der Waals surface area contributed by atoms with Gasteiger partial charge in [0.05, 0.1) is 11.6 Å². The summed E-state index contributed by atoms with van der Waals surface area (Å²) >= 11 is 0. The van der Waals surface area contributed by atoms with Gasteiger partial charge in [0.1, 0.15) is 17.3 Å². The van der Waals surface area contributed by atoms with Crippen LogP contribution in [0.5, 0.6) is 5.75 Å². The van der Waals surface area contributed by atoms with E-state index in [1.807, 2.05) is 0 Å². The number of rotatable bonds is 4. The van der Waals surface area contributed by atoms with Gasteiger partial charge in [-0.15, -0.1) is 0 Å². The number of aliphatic hydroxyl groups is 1. The van der Waals surface area contributed by atoms with Crippen molar-refractivity contribution in [3.05, 3.63) is 53.8 Å². The molecule has 1 aromatic carbocycles. The molecule has 1 aliphatic carbocycles. The molecule has 0 saturated carbocycles. The first-order chi connectivity index (χ1) is 10.2. The van der Waals surface area contributed by atoms with E-state index in [1.54, 1.807) is 12.1 Å². The summed E-state index contributed by atoms with van der Waals surface area (Å²) in [6, 6.07) is 5.99. The molecule has 1 aliphatic rings. The van der Waals surface area contributed by atoms with Crippen LogP contribution in [-0.4, -0.2) is 31.5 Å². The topological polar surface area (TPSA) is 127 Å². The zero-order chi connectivity index (χ0) is 16.3. The molecule has 4 N–H and O–H groups in total. The van der Waals surface area contributed by atoms with E-state index < -0.39 is 13.7 Å². The van der Waals surface area contributed by atoms with Crippen molar-refractivity contribution >= 4 is 19.2 Å². The highest BCUT2D eigenvalue weighted by Crippen LogP contribution is 2.38. The number of carbonyl (C=O) groups excluding carboxylic acids is 1. The van der Waals surface area contributed by atoms with E-state index in [0.717, 1.165) is 0 Å². The van der Waals surface area contributed by atoms with Crippen molar-refractivity contribution in [3.8, 4) is 5.75 Å². The number of aromatic hydroxyl groups is 1. The van der Waals surface area contributed by atoms with Crippen LogP contribution in [0.3, 0.4) is 0 Å². The summed E-state index contributed by atoms with van der Waals surface area (Å²) in [5, 5.41) is 18.7. The third kappa shape index (κ3) is 4.39. The van der Waals surface area contributed by atoms with E-state index in [4.69, 9.17) is 9.79 Å². The summed E-state index contributed by atoms with van der Waals surface area (Å²) in [6.07, 6.45) is 3.58. The number of allylic oxidation sites excluding steroid dienone is 3. The maximum Gasteiger partial charge on any atom is 0.448 e. The highest BCUT2D eigenvalue weighted by molar-refractivity contribution is 7.50. The van der Waals surface area contributed by atoms with E-state index in [1.165, 1.54) is 30.4 Å². The smallest absolute Gasteiger partial charge is 0.448 e. The Hall–Kier alpha value is -2.21. The molecule has 0 radical (unpaired) electrons. The molecule has 0 spiro atoms. The highest BCUT2D eigenvalue weighted by atomic mass is 31.2. The molecule has 0 bridgehead atoms. The van der Waals surface area contributed by atoms with Gasteiger partial charge in [0.15, 0.2) is 0 Å². The normalized spacial score (nSPS) is 20.0. The number of benzene rings is 1. The maximum absolute atomic E-state index is 12.3. The number of phenolic OH excluding ortho intramolecular Hbond substituents is 1. The third-order valence-electron chi connectivity index (χ3n) is 2.99. The third-order valence-corrected chi connectivity index (χ3v) is 3.48. The van der Waals surface area contributed by atoms with E-state index in [2.05, 4.69) is 4.76 Å². The molecule has 0 fully saturated rings. The van der Waals surface area contributed by atoms with Gasteiger partial charge in [-0.1, -0.05) is 12.1 Å². The second-order valence-corrected chi connectivity index (χ2v) is 5.98. The molecule has 0 aromatic heterocycles. The van der Waals surface area contributed by atoms with Gasteiger partial charge < -0.3 is 20.0 Å². The SMILES string of the molecule is O=C(Cc1ccc(O)cc1)C1C=C(O)C=C/C1=N\P(=O)(O)O. The lowest BCUT2D eigenvalue weighted by atomic mass is 9.90. The van der Waals surface area contributed by atoms with E-state index in [9.17, 15) is 19.6 Å². The molecule has 116 valence electrons. The monoisotopic (exact) mass is 323 g/mol. The van der Waals surface area contributed by atoms with Crippen LogP contribution in [0.15, 0.2) is 53.0 Å². The fourth-order valence-electron chi connectivity index (χ4n) is 2.01. The molecule has 7 nitrogen and oxygen atoms in total. The quantitative estimate of drug-likeness (QED) is 0.624. The van der Waals surface area contributed by atoms with Crippen molar-refractivity contribution in [2.24, 2.45) is 10.7 Å². The van der Waals surface area contributed by atoms with Crippen molar-refractivity contribution in [2.45, 2.75) is 6.42 Å². The Morgan fingerprint density at radius 3 is 2.36 bits per heavy atom. The Morgan fingerprint density at radius 1 is 1.14 bits per heavy atom. The van der Waals surface area contributed by atoms with Gasteiger partial charge >= 0.3 is 7.75 Å². The van der Waals surface area contributed by atoms with Gasteiger partial charge in [0.25, 0.3) is 0 Å². The van der Waals surface area contributed by atoms with Gasteiger partial charge in [-0.2, -0.15) is 4.76 Å². The molecule has 2 rings (SSSR count). The van der Waals surface area contributed by atoms with E-state index in [0.29, 0.717) is 5.56 Å². The van der Waals surface area contributed by atoms with Gasteiger partial charge in [-0.3, -0.25) is 4.79 Å². The summed E-state index contributed by atoms with van der Waals surface area (Å²) in [5.41, 5.74) is 0.524. The summed E-state index contributed by atoms with van der Waals surface area (Å²) in [6.45, 7) is 0. The first-order valence-electron chi connectivity index (χ1n) is 6.30.